The van der Waals surface area contributed by atoms with Gasteiger partial charge in [-0.25, -0.2) is 4.98 Å². The molecular weight excluding hydrogens is 71.0 g/mol. The number of nitrogens with one attached hydrogen (secondary N) is 1. The minimum absolute atomic E-state index is 0. The molecule has 0 bridgehead atoms. The van der Waals surface area contributed by atoms with E-state index in [1.165, 1.54) is 0 Å². The Labute approximate surface area is 49.6 Å². The van der Waals surface area contributed by atoms with Crippen molar-refractivity contribution < 1.29 is 20.3 Å². The van der Waals surface area contributed by atoms with Crippen molar-refractivity contribution in [2.24, 2.45) is 0 Å². The van der Waals surface area contributed by atoms with Gasteiger partial charge < -0.3 is 6.41 Å². The van der Waals surface area contributed by atoms with Crippen molar-refractivity contribution in [3.8, 4) is 0 Å². The fourth-order valence-electron chi connectivity index (χ4n) is 0.215. The van der Waals surface area contributed by atoms with Crippen LogP contribution in [-0.4, -0.2) is 9.97 Å². The van der Waals surface area contributed by atoms with Gasteiger partial charge >= 0.3 is 18.9 Å². The van der Waals surface area contributed by atoms with E-state index in [-0.39, 0.29) is 20.3 Å². The van der Waals surface area contributed by atoms with E-state index < -0.39 is 0 Å². The Balaban J connectivity index is 0. The summed E-state index contributed by atoms with van der Waals surface area (Å²) in [7, 11) is 0. The van der Waals surface area contributed by atoms with Crippen molar-refractivity contribution in [3.63, 3.8) is 0 Å². The molecule has 0 aliphatic rings. The average Bonchev–Trinajstić information content (AvgIpc) is 1.76. The topological polar surface area (TPSA) is 28.7 Å². The number of nitrogens with zero attached hydrogens (tertiary/aromatic N) is 1. The van der Waals surface area contributed by atoms with Gasteiger partial charge in [-0.05, 0) is 0 Å². The normalized spacial score (nSPS) is 6.67. The fourth-order valence-corrected chi connectivity index (χ4v) is 0.215. The van der Waals surface area contributed by atoms with Gasteiger partial charge in [0.05, 0.1) is 6.33 Å². The SMILES string of the molecule is [H-].[Li+].c1c[nH]cn1. The summed E-state index contributed by atoms with van der Waals surface area (Å²) in [4.78, 5) is 6.42. The minimum Gasteiger partial charge on any atom is -1.00 e. The van der Waals surface area contributed by atoms with E-state index in [9.17, 15) is 0 Å². The molecule has 1 rings (SSSR count). The van der Waals surface area contributed by atoms with Gasteiger partial charge in [-0.2, -0.15) is 0 Å². The molecule has 28 valence electrons. The molecule has 1 aromatic heterocycles. The predicted octanol–water partition coefficient (Wildman–Crippen LogP) is -2.47. The summed E-state index contributed by atoms with van der Waals surface area (Å²) in [5, 5.41) is 0. The number of aromatic nitrogens is 2. The first-order chi connectivity index (χ1) is 2.50. The zero-order chi connectivity index (χ0) is 3.54. The first-order valence-corrected chi connectivity index (χ1v) is 1.43. The number of hydrogen-bond donors (Lipinski definition) is 1. The Hall–Kier alpha value is -0.193. The van der Waals surface area contributed by atoms with Crippen LogP contribution >= 0.6 is 0 Å². The fraction of sp³-hybridized carbons (Fsp3) is 0. The molecule has 0 amide bonds. The summed E-state index contributed by atoms with van der Waals surface area (Å²) < 4.78 is 0. The molecule has 1 heterocycles. The van der Waals surface area contributed by atoms with Crippen LogP contribution in [0.5, 0.6) is 0 Å². The van der Waals surface area contributed by atoms with Gasteiger partial charge in [-0.1, -0.05) is 0 Å². The summed E-state index contributed by atoms with van der Waals surface area (Å²) in [6.07, 6.45) is 5.08. The summed E-state index contributed by atoms with van der Waals surface area (Å²) in [5.74, 6) is 0. The van der Waals surface area contributed by atoms with Crippen LogP contribution in [0.1, 0.15) is 1.43 Å². The second-order valence-corrected chi connectivity index (χ2v) is 0.761. The van der Waals surface area contributed by atoms with E-state index in [0.29, 0.717) is 0 Å². The van der Waals surface area contributed by atoms with E-state index in [0.717, 1.165) is 0 Å². The Bertz CT molecular complexity index is 69.4. The second-order valence-electron chi connectivity index (χ2n) is 0.761. The summed E-state index contributed by atoms with van der Waals surface area (Å²) in [6.45, 7) is 0. The van der Waals surface area contributed by atoms with Crippen molar-refractivity contribution >= 4 is 0 Å². The summed E-state index contributed by atoms with van der Waals surface area (Å²) in [5.41, 5.74) is 0. The van der Waals surface area contributed by atoms with E-state index in [2.05, 4.69) is 9.97 Å². The molecule has 0 aliphatic heterocycles. The van der Waals surface area contributed by atoms with Gasteiger partial charge in [0, 0.05) is 12.4 Å². The summed E-state index contributed by atoms with van der Waals surface area (Å²) >= 11 is 0. The smallest absolute Gasteiger partial charge is 1.00 e. The Kier molecular flexibility index (Phi) is 2.92. The third kappa shape index (κ3) is 1.30. The molecule has 0 aromatic carbocycles. The molecule has 1 N–H and O–H groups in total. The number of hydrogen-bond acceptors (Lipinski definition) is 1. The van der Waals surface area contributed by atoms with E-state index in [1.807, 2.05) is 0 Å². The molecule has 0 spiro atoms. The van der Waals surface area contributed by atoms with Crippen LogP contribution in [0, 0.1) is 0 Å². The van der Waals surface area contributed by atoms with Crippen molar-refractivity contribution in [1.82, 2.24) is 9.97 Å². The van der Waals surface area contributed by atoms with E-state index >= 15 is 0 Å². The summed E-state index contributed by atoms with van der Waals surface area (Å²) in [6, 6.07) is 0. The quantitative estimate of drug-likeness (QED) is 0.341. The van der Waals surface area contributed by atoms with Crippen LogP contribution in [0.3, 0.4) is 0 Å². The number of imidazole rings is 1. The van der Waals surface area contributed by atoms with Crippen LogP contribution in [0.15, 0.2) is 18.7 Å². The van der Waals surface area contributed by atoms with E-state index in [1.54, 1.807) is 18.7 Å². The standard InChI is InChI=1S/C3H4N2.Li.H/c1-2-5-3-4-1;;/h1-3H,(H,4,5);;/q;+1;-1. The predicted molar refractivity (Wildman–Crippen MR) is 19.7 cm³/mol. The number of rotatable bonds is 0. The van der Waals surface area contributed by atoms with Crippen LogP contribution in [0.4, 0.5) is 0 Å². The van der Waals surface area contributed by atoms with Gasteiger partial charge in [-0.3, -0.25) is 0 Å². The maximum atomic E-state index is 3.67. The third-order valence-electron chi connectivity index (χ3n) is 0.406. The maximum Gasteiger partial charge on any atom is 1.00 e. The largest absolute Gasteiger partial charge is 1.00 e. The monoisotopic (exact) mass is 76.1 g/mol. The molecule has 0 fully saturated rings. The van der Waals surface area contributed by atoms with Crippen molar-refractivity contribution in [2.45, 2.75) is 0 Å². The first kappa shape index (κ1) is 5.81. The maximum absolute atomic E-state index is 3.67. The van der Waals surface area contributed by atoms with Crippen molar-refractivity contribution in [3.05, 3.63) is 18.7 Å². The number of H-pyrrole nitrogens is 1. The van der Waals surface area contributed by atoms with Crippen LogP contribution < -0.4 is 18.9 Å². The average molecular weight is 76.0 g/mol. The Morgan fingerprint density at radius 3 is 2.67 bits per heavy atom. The first-order valence-electron chi connectivity index (χ1n) is 1.43. The molecule has 0 saturated heterocycles. The molecule has 0 unspecified atom stereocenters. The molecular formula is C3H5LiN2. The zero-order valence-electron chi connectivity index (χ0n) is 4.68. The molecule has 3 heteroatoms. The zero-order valence-corrected chi connectivity index (χ0v) is 3.68. The van der Waals surface area contributed by atoms with Crippen molar-refractivity contribution in [1.29, 1.82) is 0 Å². The van der Waals surface area contributed by atoms with Gasteiger partial charge in [0.1, 0.15) is 0 Å². The van der Waals surface area contributed by atoms with Crippen LogP contribution in [0.25, 0.3) is 0 Å². The number of aromatic amines is 1. The minimum atomic E-state index is 0. The molecule has 0 atom stereocenters. The van der Waals surface area contributed by atoms with Crippen LogP contribution in [0.2, 0.25) is 0 Å². The Morgan fingerprint density at radius 1 is 1.67 bits per heavy atom. The van der Waals surface area contributed by atoms with Crippen molar-refractivity contribution in [2.75, 3.05) is 0 Å². The Morgan fingerprint density at radius 2 is 2.50 bits per heavy atom. The van der Waals surface area contributed by atoms with Gasteiger partial charge in [0.2, 0.25) is 0 Å². The van der Waals surface area contributed by atoms with Gasteiger partial charge in [0.15, 0.2) is 0 Å². The molecule has 0 aliphatic carbocycles. The molecule has 2 nitrogen and oxygen atoms in total. The molecule has 6 heavy (non-hydrogen) atoms. The van der Waals surface area contributed by atoms with Gasteiger partial charge in [0.25, 0.3) is 0 Å². The second kappa shape index (κ2) is 3.02. The molecule has 0 saturated carbocycles. The molecule has 0 radical (unpaired) electrons. The van der Waals surface area contributed by atoms with E-state index in [4.69, 9.17) is 0 Å². The van der Waals surface area contributed by atoms with Gasteiger partial charge in [-0.15, -0.1) is 0 Å². The molecule has 1 aromatic rings. The third-order valence-corrected chi connectivity index (χ3v) is 0.406. The van der Waals surface area contributed by atoms with Crippen LogP contribution in [-0.2, 0) is 0 Å².